The third kappa shape index (κ3) is 6.20. The second-order valence-electron chi connectivity index (χ2n) is 6.40. The zero-order chi connectivity index (χ0) is 18.9. The Labute approximate surface area is 154 Å². The molecule has 2 aromatic rings. The van der Waals surface area contributed by atoms with Crippen molar-refractivity contribution in [2.45, 2.75) is 40.0 Å². The van der Waals surface area contributed by atoms with Crippen LogP contribution in [0.15, 0.2) is 48.7 Å². The molecular weight excluding hydrogens is 330 g/mol. The van der Waals surface area contributed by atoms with E-state index in [1.54, 1.807) is 6.20 Å². The number of hydrogen-bond donors (Lipinski definition) is 2. The number of nitrogens with zero attached hydrogens (tertiary/aromatic N) is 1. The van der Waals surface area contributed by atoms with Crippen molar-refractivity contribution in [3.8, 4) is 5.75 Å². The minimum Gasteiger partial charge on any atom is -0.487 e. The summed E-state index contributed by atoms with van der Waals surface area (Å²) in [6.45, 7) is 5.95. The number of benzene rings is 1. The molecule has 6 nitrogen and oxygen atoms in total. The van der Waals surface area contributed by atoms with Gasteiger partial charge in [0, 0.05) is 19.7 Å². The first kappa shape index (κ1) is 19.4. The first-order valence-corrected chi connectivity index (χ1v) is 8.62. The monoisotopic (exact) mass is 355 g/mol. The van der Waals surface area contributed by atoms with Crippen molar-refractivity contribution >= 4 is 11.8 Å². The van der Waals surface area contributed by atoms with Crippen LogP contribution in [0, 0.1) is 5.92 Å². The highest BCUT2D eigenvalue weighted by molar-refractivity contribution is 5.87. The van der Waals surface area contributed by atoms with Crippen LogP contribution in [0.4, 0.5) is 0 Å². The molecule has 26 heavy (non-hydrogen) atoms. The van der Waals surface area contributed by atoms with E-state index in [4.69, 9.17) is 4.74 Å². The van der Waals surface area contributed by atoms with Crippen LogP contribution in [0.25, 0.3) is 0 Å². The molecule has 0 saturated heterocycles. The van der Waals surface area contributed by atoms with E-state index in [0.29, 0.717) is 18.9 Å². The van der Waals surface area contributed by atoms with Crippen molar-refractivity contribution in [3.63, 3.8) is 0 Å². The second-order valence-corrected chi connectivity index (χ2v) is 6.40. The van der Waals surface area contributed by atoms with E-state index in [1.165, 1.54) is 6.92 Å². The maximum atomic E-state index is 12.3. The summed E-state index contributed by atoms with van der Waals surface area (Å²) in [7, 11) is 0. The Kier molecular flexibility index (Phi) is 7.14. The Morgan fingerprint density at radius 2 is 1.96 bits per heavy atom. The molecule has 2 amide bonds. The van der Waals surface area contributed by atoms with Gasteiger partial charge in [-0.1, -0.05) is 32.0 Å². The summed E-state index contributed by atoms with van der Waals surface area (Å²) in [5.74, 6) is 0.301. The second kappa shape index (κ2) is 9.56. The summed E-state index contributed by atoms with van der Waals surface area (Å²) >= 11 is 0. The van der Waals surface area contributed by atoms with E-state index in [9.17, 15) is 9.59 Å². The predicted molar refractivity (Wildman–Crippen MR) is 99.3 cm³/mol. The van der Waals surface area contributed by atoms with Crippen molar-refractivity contribution in [2.75, 3.05) is 0 Å². The van der Waals surface area contributed by atoms with Crippen LogP contribution in [-0.4, -0.2) is 22.8 Å². The van der Waals surface area contributed by atoms with Crippen LogP contribution in [-0.2, 0) is 22.7 Å². The van der Waals surface area contributed by atoms with E-state index in [-0.39, 0.29) is 17.7 Å². The number of hydrogen-bond acceptors (Lipinski definition) is 4. The van der Waals surface area contributed by atoms with E-state index >= 15 is 0 Å². The minimum atomic E-state index is -0.545. The third-order valence-corrected chi connectivity index (χ3v) is 3.79. The van der Waals surface area contributed by atoms with Crippen molar-refractivity contribution in [2.24, 2.45) is 5.92 Å². The average Bonchev–Trinajstić information content (AvgIpc) is 2.63. The smallest absolute Gasteiger partial charge is 0.243 e. The lowest BCUT2D eigenvalue weighted by molar-refractivity contribution is -0.129. The first-order valence-electron chi connectivity index (χ1n) is 8.62. The number of carbonyl (C=O) groups is 2. The molecule has 1 atom stereocenters. The highest BCUT2D eigenvalue weighted by Crippen LogP contribution is 2.15. The fourth-order valence-electron chi connectivity index (χ4n) is 2.44. The highest BCUT2D eigenvalue weighted by atomic mass is 16.5. The number of ether oxygens (including phenoxy) is 1. The maximum absolute atomic E-state index is 12.3. The maximum Gasteiger partial charge on any atom is 0.243 e. The molecule has 1 heterocycles. The van der Waals surface area contributed by atoms with Gasteiger partial charge in [0.25, 0.3) is 0 Å². The molecule has 0 aliphatic carbocycles. The van der Waals surface area contributed by atoms with E-state index in [1.807, 2.05) is 56.3 Å². The Hall–Kier alpha value is -2.89. The Bertz CT molecular complexity index is 732. The minimum absolute atomic E-state index is 0.00643. The average molecular weight is 355 g/mol. The normalized spacial score (nSPS) is 11.7. The van der Waals surface area contributed by atoms with E-state index in [0.717, 1.165) is 11.3 Å². The number of rotatable bonds is 8. The van der Waals surface area contributed by atoms with Crippen LogP contribution in [0.2, 0.25) is 0 Å². The van der Waals surface area contributed by atoms with E-state index < -0.39 is 6.04 Å². The van der Waals surface area contributed by atoms with Gasteiger partial charge >= 0.3 is 0 Å². The van der Waals surface area contributed by atoms with Crippen LogP contribution < -0.4 is 15.4 Å². The van der Waals surface area contributed by atoms with Gasteiger partial charge in [0.05, 0.1) is 5.69 Å². The van der Waals surface area contributed by atoms with Gasteiger partial charge in [0.2, 0.25) is 11.8 Å². The largest absolute Gasteiger partial charge is 0.487 e. The molecule has 1 aromatic heterocycles. The fraction of sp³-hybridized carbons (Fsp3) is 0.350. The zero-order valence-electron chi connectivity index (χ0n) is 15.4. The lowest BCUT2D eigenvalue weighted by Gasteiger charge is -2.21. The van der Waals surface area contributed by atoms with Gasteiger partial charge in [-0.05, 0) is 35.7 Å². The summed E-state index contributed by atoms with van der Waals surface area (Å²) < 4.78 is 5.75. The Morgan fingerprint density at radius 1 is 1.15 bits per heavy atom. The molecule has 6 heteroatoms. The summed E-state index contributed by atoms with van der Waals surface area (Å²) in [6, 6.07) is 12.7. The van der Waals surface area contributed by atoms with Gasteiger partial charge in [-0.25, -0.2) is 0 Å². The first-order chi connectivity index (χ1) is 12.5. The molecule has 0 bridgehead atoms. The van der Waals surface area contributed by atoms with Crippen LogP contribution in [0.3, 0.4) is 0 Å². The summed E-state index contributed by atoms with van der Waals surface area (Å²) in [4.78, 5) is 27.8. The van der Waals surface area contributed by atoms with Gasteiger partial charge < -0.3 is 15.4 Å². The summed E-state index contributed by atoms with van der Waals surface area (Å²) in [5, 5.41) is 5.55. The van der Waals surface area contributed by atoms with Crippen molar-refractivity contribution < 1.29 is 14.3 Å². The number of nitrogens with one attached hydrogen (secondary N) is 2. The number of carbonyl (C=O) groups excluding carboxylic acids is 2. The lowest BCUT2D eigenvalue weighted by Crippen LogP contribution is -2.48. The topological polar surface area (TPSA) is 80.3 Å². The fourth-order valence-corrected chi connectivity index (χ4v) is 2.44. The molecular formula is C20H25N3O3. The molecule has 0 aliphatic heterocycles. The lowest BCUT2D eigenvalue weighted by atomic mass is 10.0. The molecule has 0 radical (unpaired) electrons. The number of pyridine rings is 1. The van der Waals surface area contributed by atoms with Crippen LogP contribution >= 0.6 is 0 Å². The van der Waals surface area contributed by atoms with Crippen molar-refractivity contribution in [1.82, 2.24) is 15.6 Å². The molecule has 0 saturated carbocycles. The van der Waals surface area contributed by atoms with Gasteiger partial charge in [0.15, 0.2) is 0 Å². The summed E-state index contributed by atoms with van der Waals surface area (Å²) in [6.07, 6.45) is 1.73. The van der Waals surface area contributed by atoms with Crippen molar-refractivity contribution in [1.29, 1.82) is 0 Å². The van der Waals surface area contributed by atoms with Crippen molar-refractivity contribution in [3.05, 3.63) is 59.9 Å². The molecule has 2 N–H and O–H groups in total. The van der Waals surface area contributed by atoms with Gasteiger partial charge in [-0.15, -0.1) is 0 Å². The Balaban J connectivity index is 1.91. The SMILES string of the molecule is CC(=O)NC(C(=O)NCc1cccc(OCc2ccccn2)c1)C(C)C. The standard InChI is InChI=1S/C20H25N3O3/c1-14(2)19(23-15(3)24)20(25)22-12-16-7-6-9-18(11-16)26-13-17-8-4-5-10-21-17/h4-11,14,19H,12-13H2,1-3H3,(H,22,25)(H,23,24). The quantitative estimate of drug-likeness (QED) is 0.762. The predicted octanol–water partition coefficient (Wildman–Crippen LogP) is 2.44. The van der Waals surface area contributed by atoms with Gasteiger partial charge in [0.1, 0.15) is 18.4 Å². The third-order valence-electron chi connectivity index (χ3n) is 3.79. The molecule has 0 aliphatic rings. The number of aromatic nitrogens is 1. The molecule has 1 aromatic carbocycles. The molecule has 0 spiro atoms. The highest BCUT2D eigenvalue weighted by Gasteiger charge is 2.22. The van der Waals surface area contributed by atoms with Crippen LogP contribution in [0.1, 0.15) is 32.0 Å². The van der Waals surface area contributed by atoms with Gasteiger partial charge in [-0.3, -0.25) is 14.6 Å². The van der Waals surface area contributed by atoms with E-state index in [2.05, 4.69) is 15.6 Å². The molecule has 2 rings (SSSR count). The van der Waals surface area contributed by atoms with Crippen LogP contribution in [0.5, 0.6) is 5.75 Å². The summed E-state index contributed by atoms with van der Waals surface area (Å²) in [5.41, 5.74) is 1.77. The molecule has 0 fully saturated rings. The Morgan fingerprint density at radius 3 is 2.62 bits per heavy atom. The van der Waals surface area contributed by atoms with Gasteiger partial charge in [-0.2, -0.15) is 0 Å². The molecule has 1 unspecified atom stereocenters. The number of amides is 2. The molecule has 138 valence electrons. The zero-order valence-corrected chi connectivity index (χ0v) is 15.4.